The molecule has 0 heterocycles. The van der Waals surface area contributed by atoms with Crippen molar-refractivity contribution in [1.29, 1.82) is 5.26 Å². The SMILES string of the molecule is N#CCC(=C=[N-])C=O. The van der Waals surface area contributed by atoms with Gasteiger partial charge in [-0.2, -0.15) is 5.26 Å². The molecule has 0 N–H and O–H groups in total. The van der Waals surface area contributed by atoms with Gasteiger partial charge in [-0.25, -0.2) is 0 Å². The molecule has 0 saturated carbocycles. The van der Waals surface area contributed by atoms with E-state index in [0.29, 0.717) is 6.29 Å². The van der Waals surface area contributed by atoms with Crippen molar-refractivity contribution in [2.45, 2.75) is 6.42 Å². The Hall–Kier alpha value is -1.39. The molecule has 0 aliphatic heterocycles. The fourth-order valence-electron chi connectivity index (χ4n) is 0.193. The van der Waals surface area contributed by atoms with Gasteiger partial charge in [0.1, 0.15) is 0 Å². The summed E-state index contributed by atoms with van der Waals surface area (Å²) in [4.78, 5) is 9.72. The van der Waals surface area contributed by atoms with Crippen LogP contribution in [0.1, 0.15) is 6.42 Å². The van der Waals surface area contributed by atoms with Crippen molar-refractivity contribution in [2.24, 2.45) is 0 Å². The van der Waals surface area contributed by atoms with Crippen LogP contribution in [0.25, 0.3) is 5.41 Å². The van der Waals surface area contributed by atoms with Crippen LogP contribution in [-0.2, 0) is 4.79 Å². The quantitative estimate of drug-likeness (QED) is 0.288. The minimum Gasteiger partial charge on any atom is -0.763 e. The van der Waals surface area contributed by atoms with Crippen LogP contribution in [0, 0.1) is 11.3 Å². The second-order valence-electron chi connectivity index (χ2n) is 1.09. The highest BCUT2D eigenvalue weighted by molar-refractivity contribution is 5.88. The molecule has 0 spiro atoms. The van der Waals surface area contributed by atoms with Crippen LogP contribution in [0.3, 0.4) is 0 Å². The number of allylic oxidation sites excluding steroid dienone is 1. The van der Waals surface area contributed by atoms with E-state index in [1.165, 1.54) is 0 Å². The number of rotatable bonds is 2. The molecule has 0 saturated heterocycles. The van der Waals surface area contributed by atoms with Crippen LogP contribution in [0.5, 0.6) is 0 Å². The van der Waals surface area contributed by atoms with Gasteiger partial charge in [0, 0.05) is 5.57 Å². The molecule has 0 atom stereocenters. The van der Waals surface area contributed by atoms with Gasteiger partial charge in [-0.15, -0.1) is 0 Å². The maximum atomic E-state index is 9.72. The molecule has 0 aliphatic rings. The van der Waals surface area contributed by atoms with Crippen LogP contribution >= 0.6 is 0 Å². The Morgan fingerprint density at radius 3 is 2.62 bits per heavy atom. The third-order valence-corrected chi connectivity index (χ3v) is 0.555. The minimum absolute atomic E-state index is 0.0208. The maximum absolute atomic E-state index is 9.72. The van der Waals surface area contributed by atoms with Gasteiger partial charge in [-0.1, -0.05) is 0 Å². The Bertz CT molecular complexity index is 171. The predicted octanol–water partition coefficient (Wildman–Crippen LogP) is 0.264. The van der Waals surface area contributed by atoms with Crippen molar-refractivity contribution in [3.63, 3.8) is 0 Å². The molecule has 0 fully saturated rings. The van der Waals surface area contributed by atoms with Crippen molar-refractivity contribution in [2.75, 3.05) is 0 Å². The van der Waals surface area contributed by atoms with E-state index in [1.54, 1.807) is 11.9 Å². The second-order valence-corrected chi connectivity index (χ2v) is 1.09. The first-order valence-corrected chi connectivity index (χ1v) is 1.93. The number of carbonyl (C=O) groups excluding carboxylic acids is 1. The molecule has 3 heteroatoms. The summed E-state index contributed by atoms with van der Waals surface area (Å²) >= 11 is 0. The molecular formula is C5H3N2O-. The van der Waals surface area contributed by atoms with Crippen molar-refractivity contribution in [3.8, 4) is 6.07 Å². The highest BCUT2D eigenvalue weighted by Gasteiger charge is 1.84. The summed E-state index contributed by atoms with van der Waals surface area (Å²) in [6.07, 6.45) is 0.309. The first-order chi connectivity index (χ1) is 3.85. The van der Waals surface area contributed by atoms with Gasteiger partial charge in [-0.3, -0.25) is 10.7 Å². The van der Waals surface area contributed by atoms with E-state index in [-0.39, 0.29) is 12.0 Å². The number of nitrogens with zero attached hydrogens (tertiary/aromatic N) is 2. The zero-order valence-corrected chi connectivity index (χ0v) is 4.09. The normalized spacial score (nSPS) is 6.38. The summed E-state index contributed by atoms with van der Waals surface area (Å²) in [6.45, 7) is 0. The standard InChI is InChI=1S/C5H3N2O/c6-2-1-5(3-7)4-8/h4H,1H2/q-1. The first kappa shape index (κ1) is 6.61. The first-order valence-electron chi connectivity index (χ1n) is 1.93. The minimum atomic E-state index is -0.0833. The topological polar surface area (TPSA) is 63.2 Å². The number of nitriles is 1. The second kappa shape index (κ2) is 3.79. The molecule has 40 valence electrons. The summed E-state index contributed by atoms with van der Waals surface area (Å²) < 4.78 is 0. The predicted molar refractivity (Wildman–Crippen MR) is 28.2 cm³/mol. The summed E-state index contributed by atoms with van der Waals surface area (Å²) in [5.41, 5.74) is -0.0208. The molecule has 0 aliphatic carbocycles. The summed E-state index contributed by atoms with van der Waals surface area (Å²) in [7, 11) is 0. The maximum Gasteiger partial charge on any atom is 0.152 e. The Morgan fingerprint density at radius 1 is 1.88 bits per heavy atom. The zero-order valence-electron chi connectivity index (χ0n) is 4.09. The summed E-state index contributed by atoms with van der Waals surface area (Å²) in [5, 5.41) is 15.9. The number of hydrogen-bond acceptors (Lipinski definition) is 2. The molecular weight excluding hydrogens is 104 g/mol. The smallest absolute Gasteiger partial charge is 0.152 e. The van der Waals surface area contributed by atoms with Gasteiger partial charge in [0.15, 0.2) is 6.29 Å². The lowest BCUT2D eigenvalue weighted by Gasteiger charge is -1.82. The van der Waals surface area contributed by atoms with Crippen LogP contribution in [-0.4, -0.2) is 12.2 Å². The molecule has 0 rings (SSSR count). The fourth-order valence-corrected chi connectivity index (χ4v) is 0.193. The van der Waals surface area contributed by atoms with Gasteiger partial charge >= 0.3 is 0 Å². The van der Waals surface area contributed by atoms with Crippen molar-refractivity contribution in [3.05, 3.63) is 11.0 Å². The van der Waals surface area contributed by atoms with Crippen molar-refractivity contribution < 1.29 is 4.79 Å². The Labute approximate surface area is 46.7 Å². The lowest BCUT2D eigenvalue weighted by molar-refractivity contribution is -0.104. The zero-order chi connectivity index (χ0) is 6.41. The van der Waals surface area contributed by atoms with Gasteiger partial charge in [-0.05, 0) is 0 Å². The highest BCUT2D eigenvalue weighted by atomic mass is 16.1. The molecule has 0 radical (unpaired) electrons. The van der Waals surface area contributed by atoms with E-state index in [9.17, 15) is 4.79 Å². The summed E-state index contributed by atoms with van der Waals surface area (Å²) in [6, 6.07) is 1.68. The third-order valence-electron chi connectivity index (χ3n) is 0.555. The lowest BCUT2D eigenvalue weighted by Crippen LogP contribution is -1.80. The number of carbonyl (C=O) groups is 1. The Morgan fingerprint density at radius 2 is 2.50 bits per heavy atom. The third kappa shape index (κ3) is 1.91. The van der Waals surface area contributed by atoms with Crippen molar-refractivity contribution >= 4 is 12.2 Å². The van der Waals surface area contributed by atoms with E-state index >= 15 is 0 Å². The largest absolute Gasteiger partial charge is 0.763 e. The van der Waals surface area contributed by atoms with Crippen molar-refractivity contribution in [1.82, 2.24) is 0 Å². The average molecular weight is 107 g/mol. The van der Waals surface area contributed by atoms with Gasteiger partial charge in [0.2, 0.25) is 0 Å². The fraction of sp³-hybridized carbons (Fsp3) is 0.200. The van der Waals surface area contributed by atoms with Gasteiger partial charge in [0.25, 0.3) is 0 Å². The van der Waals surface area contributed by atoms with E-state index < -0.39 is 0 Å². The highest BCUT2D eigenvalue weighted by Crippen LogP contribution is 1.86. The lowest BCUT2D eigenvalue weighted by atomic mass is 10.2. The van der Waals surface area contributed by atoms with Gasteiger partial charge < -0.3 is 5.41 Å². The monoisotopic (exact) mass is 107 g/mol. The molecule has 0 aromatic rings. The van der Waals surface area contributed by atoms with E-state index in [4.69, 9.17) is 10.7 Å². The average Bonchev–Trinajstić information content (AvgIpc) is 1.83. The van der Waals surface area contributed by atoms with Crippen LogP contribution in [0.4, 0.5) is 0 Å². The molecule has 3 nitrogen and oxygen atoms in total. The molecule has 0 amide bonds. The Balaban J connectivity index is 3.97. The molecule has 0 aromatic heterocycles. The van der Waals surface area contributed by atoms with Crippen LogP contribution < -0.4 is 0 Å². The number of hydrogen-bond donors (Lipinski definition) is 0. The van der Waals surface area contributed by atoms with E-state index in [2.05, 4.69) is 0 Å². The molecule has 8 heavy (non-hydrogen) atoms. The van der Waals surface area contributed by atoms with E-state index in [0.717, 1.165) is 0 Å². The number of aldehydes is 1. The van der Waals surface area contributed by atoms with Crippen LogP contribution in [0.15, 0.2) is 5.57 Å². The Kier molecular flexibility index (Phi) is 3.13. The summed E-state index contributed by atoms with van der Waals surface area (Å²) in [5.74, 6) is 1.58. The van der Waals surface area contributed by atoms with E-state index in [1.807, 2.05) is 0 Å². The van der Waals surface area contributed by atoms with Gasteiger partial charge in [0.05, 0.1) is 12.5 Å². The molecule has 0 aromatic carbocycles. The molecule has 0 bridgehead atoms. The van der Waals surface area contributed by atoms with Crippen LogP contribution in [0.2, 0.25) is 0 Å². The molecule has 0 unspecified atom stereocenters.